The molecule has 0 bridgehead atoms. The number of hydrogen-bond acceptors (Lipinski definition) is 6. The molecule has 7 nitrogen and oxygen atoms in total. The standard InChI is InChI=1S/C14H21N3O4/c1-9-7-17(12-6-10(19)11(8-18)21-12)14(20)15-13(9)16-4-2-3-5-16/h7,10-12,18-19H,2-6,8H2,1H3/t10-,11+,12+/m0/s1. The second kappa shape index (κ2) is 5.75. The number of aliphatic hydroxyl groups excluding tert-OH is 2. The van der Waals surface area contributed by atoms with E-state index in [2.05, 4.69) is 9.88 Å². The summed E-state index contributed by atoms with van der Waals surface area (Å²) in [6, 6.07) is 0. The zero-order valence-electron chi connectivity index (χ0n) is 12.1. The molecule has 0 aliphatic carbocycles. The van der Waals surface area contributed by atoms with Gasteiger partial charge in [0.1, 0.15) is 18.1 Å². The summed E-state index contributed by atoms with van der Waals surface area (Å²) >= 11 is 0. The minimum atomic E-state index is -0.759. The second-order valence-electron chi connectivity index (χ2n) is 5.75. The molecule has 1 aromatic heterocycles. The summed E-state index contributed by atoms with van der Waals surface area (Å²) in [6.07, 6.45) is 2.31. The normalized spacial score (nSPS) is 29.3. The molecular weight excluding hydrogens is 274 g/mol. The van der Waals surface area contributed by atoms with Crippen molar-refractivity contribution < 1.29 is 14.9 Å². The fourth-order valence-electron chi connectivity index (χ4n) is 3.06. The Kier molecular flexibility index (Phi) is 3.97. The molecule has 3 heterocycles. The summed E-state index contributed by atoms with van der Waals surface area (Å²) in [7, 11) is 0. The van der Waals surface area contributed by atoms with Gasteiger partial charge in [-0.05, 0) is 19.8 Å². The summed E-state index contributed by atoms with van der Waals surface area (Å²) in [5.41, 5.74) is 0.542. The molecule has 0 aromatic carbocycles. The number of nitrogens with zero attached hydrogens (tertiary/aromatic N) is 3. The molecule has 3 atom stereocenters. The number of anilines is 1. The average Bonchev–Trinajstić information content (AvgIpc) is 3.10. The molecule has 2 aliphatic rings. The number of hydrogen-bond donors (Lipinski definition) is 2. The van der Waals surface area contributed by atoms with Gasteiger partial charge in [0.15, 0.2) is 0 Å². The smallest absolute Gasteiger partial charge is 0.351 e. The summed E-state index contributed by atoms with van der Waals surface area (Å²) in [4.78, 5) is 18.5. The van der Waals surface area contributed by atoms with Gasteiger partial charge >= 0.3 is 5.69 Å². The largest absolute Gasteiger partial charge is 0.394 e. The average molecular weight is 295 g/mol. The molecule has 0 saturated carbocycles. The topological polar surface area (TPSA) is 87.8 Å². The Labute approximate surface area is 122 Å². The lowest BCUT2D eigenvalue weighted by Gasteiger charge is -2.21. The Morgan fingerprint density at radius 1 is 1.43 bits per heavy atom. The van der Waals surface area contributed by atoms with Crippen LogP contribution >= 0.6 is 0 Å². The van der Waals surface area contributed by atoms with Crippen LogP contribution in [0.3, 0.4) is 0 Å². The van der Waals surface area contributed by atoms with Crippen molar-refractivity contribution >= 4 is 5.82 Å². The van der Waals surface area contributed by atoms with Gasteiger partial charge in [0, 0.05) is 31.3 Å². The Morgan fingerprint density at radius 3 is 2.76 bits per heavy atom. The highest BCUT2D eigenvalue weighted by Crippen LogP contribution is 2.28. The molecule has 7 heteroatoms. The molecule has 0 amide bonds. The van der Waals surface area contributed by atoms with Crippen LogP contribution in [0.15, 0.2) is 11.0 Å². The van der Waals surface area contributed by atoms with Gasteiger partial charge in [-0.2, -0.15) is 4.98 Å². The van der Waals surface area contributed by atoms with Crippen LogP contribution in [0.25, 0.3) is 0 Å². The van der Waals surface area contributed by atoms with E-state index in [1.165, 1.54) is 4.57 Å². The van der Waals surface area contributed by atoms with Crippen LogP contribution in [0.1, 0.15) is 31.1 Å². The highest BCUT2D eigenvalue weighted by molar-refractivity contribution is 5.45. The molecule has 0 unspecified atom stereocenters. The molecule has 2 saturated heterocycles. The highest BCUT2D eigenvalue weighted by atomic mass is 16.5. The predicted octanol–water partition coefficient (Wildman–Crippen LogP) is -0.207. The van der Waals surface area contributed by atoms with Crippen LogP contribution in [0.4, 0.5) is 5.82 Å². The second-order valence-corrected chi connectivity index (χ2v) is 5.75. The predicted molar refractivity (Wildman–Crippen MR) is 76.3 cm³/mol. The lowest BCUT2D eigenvalue weighted by atomic mass is 10.2. The van der Waals surface area contributed by atoms with Crippen molar-refractivity contribution in [1.82, 2.24) is 9.55 Å². The molecule has 2 N–H and O–H groups in total. The highest BCUT2D eigenvalue weighted by Gasteiger charge is 2.35. The van der Waals surface area contributed by atoms with Gasteiger partial charge in [-0.3, -0.25) is 4.57 Å². The molecular formula is C14H21N3O4. The summed E-state index contributed by atoms with van der Waals surface area (Å²) in [5.74, 6) is 0.742. The van der Waals surface area contributed by atoms with Crippen molar-refractivity contribution in [2.24, 2.45) is 0 Å². The van der Waals surface area contributed by atoms with Gasteiger partial charge < -0.3 is 19.8 Å². The Balaban J connectivity index is 1.87. The number of aryl methyl sites for hydroxylation is 1. The van der Waals surface area contributed by atoms with Crippen LogP contribution in [0.5, 0.6) is 0 Å². The van der Waals surface area contributed by atoms with Gasteiger partial charge in [0.05, 0.1) is 12.7 Å². The van der Waals surface area contributed by atoms with Crippen LogP contribution in [0.2, 0.25) is 0 Å². The third-order valence-corrected chi connectivity index (χ3v) is 4.21. The molecule has 2 aliphatic heterocycles. The third kappa shape index (κ3) is 2.68. The van der Waals surface area contributed by atoms with Gasteiger partial charge in [-0.25, -0.2) is 4.79 Å². The van der Waals surface area contributed by atoms with Crippen LogP contribution < -0.4 is 10.6 Å². The number of aromatic nitrogens is 2. The van der Waals surface area contributed by atoms with Gasteiger partial charge in [-0.15, -0.1) is 0 Å². The Bertz CT molecular complexity index is 568. The van der Waals surface area contributed by atoms with Crippen molar-refractivity contribution in [3.8, 4) is 0 Å². The Morgan fingerprint density at radius 2 is 2.14 bits per heavy atom. The number of aliphatic hydroxyl groups is 2. The van der Waals surface area contributed by atoms with Crippen LogP contribution in [0, 0.1) is 6.92 Å². The van der Waals surface area contributed by atoms with E-state index in [1.807, 2.05) is 6.92 Å². The summed E-state index contributed by atoms with van der Waals surface area (Å²) in [6.45, 7) is 3.53. The zero-order valence-corrected chi connectivity index (χ0v) is 12.1. The first-order chi connectivity index (χ1) is 10.1. The SMILES string of the molecule is Cc1cn([C@H]2C[C@H](O)[C@@H](CO)O2)c(=O)nc1N1CCCC1. The fourth-order valence-corrected chi connectivity index (χ4v) is 3.06. The van der Waals surface area contributed by atoms with Gasteiger partial charge in [0.2, 0.25) is 0 Å². The molecule has 116 valence electrons. The van der Waals surface area contributed by atoms with E-state index in [-0.39, 0.29) is 18.7 Å². The third-order valence-electron chi connectivity index (χ3n) is 4.21. The maximum atomic E-state index is 12.2. The van der Waals surface area contributed by atoms with Crippen molar-refractivity contribution in [3.05, 3.63) is 22.2 Å². The monoisotopic (exact) mass is 295 g/mol. The minimum absolute atomic E-state index is 0.259. The minimum Gasteiger partial charge on any atom is -0.394 e. The first-order valence-corrected chi connectivity index (χ1v) is 7.39. The Hall–Kier alpha value is -1.44. The molecule has 0 spiro atoms. The van der Waals surface area contributed by atoms with E-state index in [9.17, 15) is 9.90 Å². The maximum Gasteiger partial charge on any atom is 0.351 e. The number of ether oxygens (including phenoxy) is 1. The first kappa shape index (κ1) is 14.5. The van der Waals surface area contributed by atoms with E-state index in [4.69, 9.17) is 9.84 Å². The molecule has 1 aromatic rings. The van der Waals surface area contributed by atoms with E-state index in [0.717, 1.165) is 37.3 Å². The van der Waals surface area contributed by atoms with Crippen LogP contribution in [-0.4, -0.2) is 51.7 Å². The van der Waals surface area contributed by atoms with E-state index in [1.54, 1.807) is 6.20 Å². The molecule has 21 heavy (non-hydrogen) atoms. The van der Waals surface area contributed by atoms with Crippen molar-refractivity contribution in [1.29, 1.82) is 0 Å². The van der Waals surface area contributed by atoms with E-state index >= 15 is 0 Å². The van der Waals surface area contributed by atoms with Crippen molar-refractivity contribution in [3.63, 3.8) is 0 Å². The summed E-state index contributed by atoms with van der Waals surface area (Å²) < 4.78 is 6.93. The lowest BCUT2D eigenvalue weighted by Crippen LogP contribution is -2.31. The van der Waals surface area contributed by atoms with E-state index < -0.39 is 18.4 Å². The van der Waals surface area contributed by atoms with Crippen molar-refractivity contribution in [2.45, 2.75) is 44.6 Å². The molecule has 0 radical (unpaired) electrons. The van der Waals surface area contributed by atoms with Gasteiger partial charge in [0.25, 0.3) is 0 Å². The zero-order chi connectivity index (χ0) is 15.0. The fraction of sp³-hybridized carbons (Fsp3) is 0.714. The quantitative estimate of drug-likeness (QED) is 0.802. The number of rotatable bonds is 3. The summed E-state index contributed by atoms with van der Waals surface area (Å²) in [5, 5.41) is 18.9. The van der Waals surface area contributed by atoms with E-state index in [0.29, 0.717) is 0 Å². The lowest BCUT2D eigenvalue weighted by molar-refractivity contribution is -0.0459. The van der Waals surface area contributed by atoms with Crippen molar-refractivity contribution in [2.75, 3.05) is 24.6 Å². The van der Waals surface area contributed by atoms with Gasteiger partial charge in [-0.1, -0.05) is 0 Å². The van der Waals surface area contributed by atoms with Crippen LogP contribution in [-0.2, 0) is 4.74 Å². The maximum absolute atomic E-state index is 12.2. The molecule has 2 fully saturated rings. The first-order valence-electron chi connectivity index (χ1n) is 7.39. The molecule has 3 rings (SSSR count).